The summed E-state index contributed by atoms with van der Waals surface area (Å²) in [4.78, 5) is 44.6. The molecule has 3 heterocycles. The van der Waals surface area contributed by atoms with Gasteiger partial charge in [0.15, 0.2) is 0 Å². The average molecular weight is 487 g/mol. The highest BCUT2D eigenvalue weighted by molar-refractivity contribution is 8.02. The van der Waals surface area contributed by atoms with Gasteiger partial charge >= 0.3 is 5.97 Å². The highest BCUT2D eigenvalue weighted by Crippen LogP contribution is 2.67. The van der Waals surface area contributed by atoms with E-state index in [0.717, 1.165) is 12.0 Å². The monoisotopic (exact) mass is 486 g/mol. The summed E-state index contributed by atoms with van der Waals surface area (Å²) in [5, 5.41) is 10.4. The van der Waals surface area contributed by atoms with E-state index in [1.807, 2.05) is 44.2 Å². The summed E-state index contributed by atoms with van der Waals surface area (Å²) in [5.74, 6) is -1.97. The van der Waals surface area contributed by atoms with Crippen molar-refractivity contribution in [1.82, 2.24) is 9.80 Å². The number of ether oxygens (including phenoxy) is 1. The molecule has 2 amide bonds. The Labute approximate surface area is 205 Å². The van der Waals surface area contributed by atoms with Gasteiger partial charge < -0.3 is 19.6 Å². The number of rotatable bonds is 9. The van der Waals surface area contributed by atoms with Crippen molar-refractivity contribution in [3.8, 4) is 0 Å². The number of likely N-dealkylation sites (tertiary alicyclic amines) is 1. The third kappa shape index (κ3) is 3.75. The molecule has 1 N–H and O–H groups in total. The minimum absolute atomic E-state index is 0.0401. The minimum Gasteiger partial charge on any atom is -0.466 e. The van der Waals surface area contributed by atoms with Crippen LogP contribution in [0.3, 0.4) is 0 Å². The Morgan fingerprint density at radius 1 is 1.35 bits per heavy atom. The lowest BCUT2D eigenvalue weighted by molar-refractivity contribution is -0.154. The predicted molar refractivity (Wildman–Crippen MR) is 131 cm³/mol. The molecule has 1 aromatic carbocycles. The fourth-order valence-electron chi connectivity index (χ4n) is 6.09. The van der Waals surface area contributed by atoms with E-state index in [-0.39, 0.29) is 42.3 Å². The van der Waals surface area contributed by atoms with Gasteiger partial charge in [-0.15, -0.1) is 18.3 Å². The van der Waals surface area contributed by atoms with E-state index in [4.69, 9.17) is 4.74 Å². The van der Waals surface area contributed by atoms with E-state index in [1.54, 1.807) is 34.6 Å². The van der Waals surface area contributed by atoms with Crippen molar-refractivity contribution >= 4 is 29.5 Å². The van der Waals surface area contributed by atoms with Gasteiger partial charge in [0, 0.05) is 17.8 Å². The SMILES string of the molecule is C=CCN(C(=O)C1N([C@H](CO)c2ccccc2)C(=O)[C@@H]2[C@@H](C(=O)OCC)[C@H]3CCC12S3)C(C)C. The Morgan fingerprint density at radius 3 is 2.65 bits per heavy atom. The van der Waals surface area contributed by atoms with Crippen LogP contribution in [0.5, 0.6) is 0 Å². The van der Waals surface area contributed by atoms with Gasteiger partial charge in [0.2, 0.25) is 11.8 Å². The molecule has 34 heavy (non-hydrogen) atoms. The quantitative estimate of drug-likeness (QED) is 0.427. The van der Waals surface area contributed by atoms with Crippen LogP contribution < -0.4 is 0 Å². The number of thioether (sulfide) groups is 1. The number of aliphatic hydroxyl groups is 1. The van der Waals surface area contributed by atoms with Crippen molar-refractivity contribution in [3.05, 3.63) is 48.6 Å². The van der Waals surface area contributed by atoms with Crippen LogP contribution in [0.4, 0.5) is 0 Å². The molecule has 3 aliphatic heterocycles. The topological polar surface area (TPSA) is 87.2 Å². The summed E-state index contributed by atoms with van der Waals surface area (Å²) in [6.45, 7) is 9.75. The van der Waals surface area contributed by atoms with Crippen molar-refractivity contribution in [3.63, 3.8) is 0 Å². The van der Waals surface area contributed by atoms with E-state index >= 15 is 0 Å². The van der Waals surface area contributed by atoms with E-state index < -0.39 is 28.7 Å². The molecule has 0 aromatic heterocycles. The number of carbonyl (C=O) groups is 3. The van der Waals surface area contributed by atoms with Gasteiger partial charge in [-0.2, -0.15) is 0 Å². The lowest BCUT2D eigenvalue weighted by Crippen LogP contribution is -2.57. The number of esters is 1. The fraction of sp³-hybridized carbons (Fsp3) is 0.577. The average Bonchev–Trinajstić information content (AvgIpc) is 3.46. The standard InChI is InChI=1S/C26H34N2O5S/c1-5-14-27(16(3)4)24(31)22-26-13-12-19(34-26)20(25(32)33-6-2)21(26)23(30)28(22)18(15-29)17-10-8-7-9-11-17/h5,7-11,16,18-22,29H,1,6,12-15H2,2-4H3/t18-,19-,20+,21+,22?,26?/m1/s1. The summed E-state index contributed by atoms with van der Waals surface area (Å²) in [6, 6.07) is 7.76. The number of hydrogen-bond acceptors (Lipinski definition) is 6. The number of hydrogen-bond donors (Lipinski definition) is 1. The van der Waals surface area contributed by atoms with Crippen LogP contribution in [0.1, 0.15) is 45.2 Å². The maximum absolute atomic E-state index is 14.2. The van der Waals surface area contributed by atoms with Crippen molar-refractivity contribution in [2.45, 2.75) is 61.7 Å². The molecule has 8 heteroatoms. The lowest BCUT2D eigenvalue weighted by Gasteiger charge is -2.40. The zero-order valence-electron chi connectivity index (χ0n) is 20.1. The van der Waals surface area contributed by atoms with Crippen LogP contribution in [-0.2, 0) is 19.1 Å². The third-order valence-electron chi connectivity index (χ3n) is 7.46. The second-order valence-electron chi connectivity index (χ2n) is 9.54. The number of benzene rings is 1. The summed E-state index contributed by atoms with van der Waals surface area (Å²) < 4.78 is 4.66. The van der Waals surface area contributed by atoms with Crippen LogP contribution in [-0.4, -0.2) is 74.5 Å². The van der Waals surface area contributed by atoms with Crippen LogP contribution in [0, 0.1) is 11.8 Å². The molecule has 3 fully saturated rings. The molecule has 1 spiro atoms. The molecule has 2 bridgehead atoms. The van der Waals surface area contributed by atoms with Gasteiger partial charge in [0.1, 0.15) is 6.04 Å². The highest BCUT2D eigenvalue weighted by atomic mass is 32.2. The predicted octanol–water partition coefficient (Wildman–Crippen LogP) is 2.80. The van der Waals surface area contributed by atoms with E-state index in [2.05, 4.69) is 6.58 Å². The number of nitrogens with zero attached hydrogens (tertiary/aromatic N) is 2. The van der Waals surface area contributed by atoms with Gasteiger partial charge in [-0.1, -0.05) is 36.4 Å². The maximum atomic E-state index is 14.2. The highest BCUT2D eigenvalue weighted by Gasteiger charge is 2.75. The van der Waals surface area contributed by atoms with Crippen LogP contribution in [0.25, 0.3) is 0 Å². The molecule has 3 aliphatic rings. The van der Waals surface area contributed by atoms with Crippen LogP contribution in [0.15, 0.2) is 43.0 Å². The zero-order chi connectivity index (χ0) is 24.6. The van der Waals surface area contributed by atoms with Gasteiger partial charge in [0.05, 0.1) is 35.8 Å². The molecule has 4 rings (SSSR count). The number of carbonyl (C=O) groups excluding carboxylic acids is 3. The molecular formula is C26H34N2O5S. The van der Waals surface area contributed by atoms with Gasteiger partial charge in [-0.25, -0.2) is 0 Å². The molecule has 0 radical (unpaired) electrons. The third-order valence-corrected chi connectivity index (χ3v) is 9.41. The van der Waals surface area contributed by atoms with E-state index in [0.29, 0.717) is 13.0 Å². The number of aliphatic hydroxyl groups excluding tert-OH is 1. The molecular weight excluding hydrogens is 452 g/mol. The normalized spacial score (nSPS) is 30.4. The Balaban J connectivity index is 1.84. The van der Waals surface area contributed by atoms with Gasteiger partial charge in [-0.05, 0) is 39.2 Å². The summed E-state index contributed by atoms with van der Waals surface area (Å²) in [7, 11) is 0. The van der Waals surface area contributed by atoms with Crippen LogP contribution in [0.2, 0.25) is 0 Å². The first-order valence-corrected chi connectivity index (χ1v) is 12.9. The Hall–Kier alpha value is -2.32. The van der Waals surface area contributed by atoms with Gasteiger partial charge in [-0.3, -0.25) is 14.4 Å². The second-order valence-corrected chi connectivity index (χ2v) is 11.1. The molecule has 6 atom stereocenters. The zero-order valence-corrected chi connectivity index (χ0v) is 20.9. The van der Waals surface area contributed by atoms with Crippen molar-refractivity contribution < 1.29 is 24.2 Å². The molecule has 2 unspecified atom stereocenters. The molecule has 7 nitrogen and oxygen atoms in total. The summed E-state index contributed by atoms with van der Waals surface area (Å²) in [6.07, 6.45) is 3.12. The smallest absolute Gasteiger partial charge is 0.310 e. The van der Waals surface area contributed by atoms with Crippen molar-refractivity contribution in [1.29, 1.82) is 0 Å². The maximum Gasteiger partial charge on any atom is 0.310 e. The molecule has 1 aromatic rings. The van der Waals surface area contributed by atoms with Crippen molar-refractivity contribution in [2.75, 3.05) is 19.8 Å². The van der Waals surface area contributed by atoms with Crippen LogP contribution >= 0.6 is 11.8 Å². The Morgan fingerprint density at radius 2 is 2.06 bits per heavy atom. The lowest BCUT2D eigenvalue weighted by atomic mass is 9.71. The summed E-state index contributed by atoms with van der Waals surface area (Å²) >= 11 is 1.61. The molecule has 184 valence electrons. The first-order valence-electron chi connectivity index (χ1n) is 12.1. The number of fused-ring (bicyclic) bond motifs is 1. The van der Waals surface area contributed by atoms with E-state index in [9.17, 15) is 19.5 Å². The Kier molecular flexibility index (Phi) is 7.10. The summed E-state index contributed by atoms with van der Waals surface area (Å²) in [5.41, 5.74) is 0.763. The van der Waals surface area contributed by atoms with E-state index in [1.165, 1.54) is 0 Å². The molecule has 0 aliphatic carbocycles. The second kappa shape index (κ2) is 9.74. The first kappa shape index (κ1) is 24.8. The van der Waals surface area contributed by atoms with Crippen molar-refractivity contribution in [2.24, 2.45) is 11.8 Å². The first-order chi connectivity index (χ1) is 16.3. The number of amides is 2. The molecule has 3 saturated heterocycles. The largest absolute Gasteiger partial charge is 0.466 e. The Bertz CT molecular complexity index is 954. The molecule has 0 saturated carbocycles. The fourth-order valence-corrected chi connectivity index (χ4v) is 8.28. The minimum atomic E-state index is -0.779. The van der Waals surface area contributed by atoms with Gasteiger partial charge in [0.25, 0.3) is 0 Å².